The molecule has 12 heteroatoms. The molecule has 1 aromatic carbocycles. The molecule has 0 amide bonds. The Bertz CT molecular complexity index is 963. The molecule has 0 radical (unpaired) electrons. The summed E-state index contributed by atoms with van der Waals surface area (Å²) in [5.41, 5.74) is -1.39. The Morgan fingerprint density at radius 1 is 0.719 bits per heavy atom. The van der Waals surface area contributed by atoms with Crippen molar-refractivity contribution in [3.8, 4) is 0 Å². The quantitative estimate of drug-likeness (QED) is 0.477. The monoisotopic (exact) mass is 500 g/mol. The van der Waals surface area contributed by atoms with Gasteiger partial charge in [0.25, 0.3) is 5.78 Å². The Kier molecular flexibility index (Phi) is 8.72. The standard InChI is InChI=1S/C20H31F3N2O5S2/c1-12(2)24(13(3)4)31(27,28)16-10-9-11-17(18(16)19(26)20(21,22)23)32(29,30)25(14(5)6)15(7)8/h9-15H,1-8H3. The molecule has 0 aliphatic rings. The Labute approximate surface area is 188 Å². The third-order valence-corrected chi connectivity index (χ3v) is 9.21. The summed E-state index contributed by atoms with van der Waals surface area (Å²) in [6.07, 6.45) is -5.49. The third-order valence-electron chi connectivity index (χ3n) is 4.62. The van der Waals surface area contributed by atoms with Crippen molar-refractivity contribution < 1.29 is 34.8 Å². The first-order valence-electron chi connectivity index (χ1n) is 10.1. The molecule has 0 saturated heterocycles. The minimum Gasteiger partial charge on any atom is -0.284 e. The first-order valence-corrected chi connectivity index (χ1v) is 13.0. The number of carbonyl (C=O) groups is 1. The van der Waals surface area contributed by atoms with Gasteiger partial charge in [0.2, 0.25) is 20.0 Å². The number of hydrogen-bond donors (Lipinski definition) is 0. The highest BCUT2D eigenvalue weighted by molar-refractivity contribution is 7.90. The highest BCUT2D eigenvalue weighted by atomic mass is 32.2. The summed E-state index contributed by atoms with van der Waals surface area (Å²) in [6.45, 7) is 12.2. The van der Waals surface area contributed by atoms with Crippen LogP contribution in [0.25, 0.3) is 0 Å². The van der Waals surface area contributed by atoms with E-state index >= 15 is 0 Å². The molecule has 0 aromatic heterocycles. The summed E-state index contributed by atoms with van der Waals surface area (Å²) >= 11 is 0. The van der Waals surface area contributed by atoms with E-state index in [0.717, 1.165) is 26.8 Å². The average Bonchev–Trinajstić information content (AvgIpc) is 2.57. The molecule has 0 spiro atoms. The molecule has 7 nitrogen and oxygen atoms in total. The van der Waals surface area contributed by atoms with Gasteiger partial charge < -0.3 is 0 Å². The van der Waals surface area contributed by atoms with Crippen molar-refractivity contribution >= 4 is 25.8 Å². The van der Waals surface area contributed by atoms with Crippen molar-refractivity contribution in [2.45, 2.75) is 95.5 Å². The molecule has 0 atom stereocenters. The van der Waals surface area contributed by atoms with Crippen LogP contribution >= 0.6 is 0 Å². The minimum absolute atomic E-state index is 0.656. The van der Waals surface area contributed by atoms with Gasteiger partial charge in [0.1, 0.15) is 0 Å². The topological polar surface area (TPSA) is 91.8 Å². The number of sulfonamides is 2. The van der Waals surface area contributed by atoms with Crippen LogP contribution in [0.4, 0.5) is 13.2 Å². The van der Waals surface area contributed by atoms with Gasteiger partial charge in [-0.2, -0.15) is 21.8 Å². The number of hydrogen-bond acceptors (Lipinski definition) is 5. The van der Waals surface area contributed by atoms with Crippen molar-refractivity contribution in [3.05, 3.63) is 23.8 Å². The molecule has 0 heterocycles. The van der Waals surface area contributed by atoms with E-state index < -0.39 is 71.5 Å². The number of ketones is 1. The molecule has 0 unspecified atom stereocenters. The van der Waals surface area contributed by atoms with Crippen molar-refractivity contribution in [2.24, 2.45) is 0 Å². The van der Waals surface area contributed by atoms with Gasteiger partial charge in [0.05, 0.1) is 15.4 Å². The van der Waals surface area contributed by atoms with E-state index in [1.807, 2.05) is 0 Å². The van der Waals surface area contributed by atoms with Crippen LogP contribution in [0.2, 0.25) is 0 Å². The SMILES string of the molecule is CC(C)N(C(C)C)S(=O)(=O)c1cccc(S(=O)(=O)N(C(C)C)C(C)C)c1C(=O)C(F)(F)F. The van der Waals surface area contributed by atoms with Crippen LogP contribution < -0.4 is 0 Å². The highest BCUT2D eigenvalue weighted by Crippen LogP contribution is 2.35. The molecule has 0 aliphatic heterocycles. The van der Waals surface area contributed by atoms with Crippen LogP contribution in [0.3, 0.4) is 0 Å². The lowest BCUT2D eigenvalue weighted by Crippen LogP contribution is -2.44. The van der Waals surface area contributed by atoms with Crippen LogP contribution in [-0.4, -0.2) is 61.6 Å². The van der Waals surface area contributed by atoms with Gasteiger partial charge >= 0.3 is 6.18 Å². The number of carbonyl (C=O) groups excluding carboxylic acids is 1. The first-order chi connectivity index (χ1) is 14.3. The summed E-state index contributed by atoms with van der Waals surface area (Å²) in [6, 6.07) is 0.0769. The lowest BCUT2D eigenvalue weighted by molar-refractivity contribution is -0.0889. The fourth-order valence-electron chi connectivity index (χ4n) is 3.84. The van der Waals surface area contributed by atoms with E-state index in [0.29, 0.717) is 0 Å². The van der Waals surface area contributed by atoms with Crippen LogP contribution in [0, 0.1) is 0 Å². The second-order valence-electron chi connectivity index (χ2n) is 8.50. The van der Waals surface area contributed by atoms with Gasteiger partial charge in [-0.25, -0.2) is 16.8 Å². The fraction of sp³-hybridized carbons (Fsp3) is 0.650. The predicted octanol–water partition coefficient (Wildman–Crippen LogP) is 4.05. The summed E-state index contributed by atoms with van der Waals surface area (Å²) in [5, 5.41) is 0. The molecule has 0 N–H and O–H groups in total. The van der Waals surface area contributed by atoms with Crippen molar-refractivity contribution in [3.63, 3.8) is 0 Å². The summed E-state index contributed by atoms with van der Waals surface area (Å²) in [7, 11) is -9.31. The number of rotatable bonds is 9. The van der Waals surface area contributed by atoms with Crippen molar-refractivity contribution in [1.29, 1.82) is 0 Å². The zero-order valence-electron chi connectivity index (χ0n) is 19.4. The zero-order chi connectivity index (χ0) is 25.4. The van der Waals surface area contributed by atoms with Crippen LogP contribution in [0.1, 0.15) is 65.7 Å². The van der Waals surface area contributed by atoms with Crippen molar-refractivity contribution in [2.75, 3.05) is 0 Å². The van der Waals surface area contributed by atoms with E-state index in [9.17, 15) is 34.8 Å². The normalized spacial score (nSPS) is 13.9. The maximum absolute atomic E-state index is 13.5. The number of Topliss-reactive ketones (excluding diaryl/α,β-unsaturated/α-hetero) is 1. The number of nitrogens with zero attached hydrogens (tertiary/aromatic N) is 2. The van der Waals surface area contributed by atoms with E-state index in [1.165, 1.54) is 55.4 Å². The predicted molar refractivity (Wildman–Crippen MR) is 115 cm³/mol. The van der Waals surface area contributed by atoms with Gasteiger partial charge in [0.15, 0.2) is 0 Å². The van der Waals surface area contributed by atoms with Gasteiger partial charge in [-0.15, -0.1) is 0 Å². The van der Waals surface area contributed by atoms with Crippen LogP contribution in [0.5, 0.6) is 0 Å². The van der Waals surface area contributed by atoms with Gasteiger partial charge in [0, 0.05) is 24.2 Å². The second-order valence-corrected chi connectivity index (χ2v) is 12.1. The smallest absolute Gasteiger partial charge is 0.284 e. The summed E-state index contributed by atoms with van der Waals surface area (Å²) < 4.78 is 96.0. The van der Waals surface area contributed by atoms with Crippen molar-refractivity contribution in [1.82, 2.24) is 8.61 Å². The molecular formula is C20H31F3N2O5S2. The Morgan fingerprint density at radius 3 is 1.22 bits per heavy atom. The number of halogens is 3. The average molecular weight is 501 g/mol. The Hall–Kier alpha value is -1.50. The van der Waals surface area contributed by atoms with E-state index in [2.05, 4.69) is 0 Å². The van der Waals surface area contributed by atoms with E-state index in [4.69, 9.17) is 0 Å². The van der Waals surface area contributed by atoms with E-state index in [1.54, 1.807) is 0 Å². The van der Waals surface area contributed by atoms with E-state index in [-0.39, 0.29) is 0 Å². The Morgan fingerprint density at radius 2 is 1.00 bits per heavy atom. The minimum atomic E-state index is -5.49. The molecule has 0 bridgehead atoms. The number of alkyl halides is 3. The maximum Gasteiger partial charge on any atom is 0.454 e. The lowest BCUT2D eigenvalue weighted by atomic mass is 10.1. The van der Waals surface area contributed by atoms with Crippen LogP contribution in [-0.2, 0) is 20.0 Å². The lowest BCUT2D eigenvalue weighted by Gasteiger charge is -2.32. The second kappa shape index (κ2) is 9.78. The largest absolute Gasteiger partial charge is 0.454 e. The molecule has 1 rings (SSSR count). The maximum atomic E-state index is 13.5. The van der Waals surface area contributed by atoms with Gasteiger partial charge in [-0.3, -0.25) is 4.79 Å². The molecule has 0 aliphatic carbocycles. The molecular weight excluding hydrogens is 469 g/mol. The molecule has 184 valence electrons. The first kappa shape index (κ1) is 28.5. The number of benzene rings is 1. The van der Waals surface area contributed by atoms with Gasteiger partial charge in [-0.05, 0) is 67.5 Å². The molecule has 0 fully saturated rings. The highest BCUT2D eigenvalue weighted by Gasteiger charge is 2.47. The zero-order valence-corrected chi connectivity index (χ0v) is 21.1. The molecule has 32 heavy (non-hydrogen) atoms. The van der Waals surface area contributed by atoms with Crippen LogP contribution in [0.15, 0.2) is 28.0 Å². The third kappa shape index (κ3) is 5.52. The Balaban J connectivity index is 4.15. The summed E-state index contributed by atoms with van der Waals surface area (Å²) in [4.78, 5) is 10.5. The van der Waals surface area contributed by atoms with Gasteiger partial charge in [-0.1, -0.05) is 6.07 Å². The summed E-state index contributed by atoms with van der Waals surface area (Å²) in [5.74, 6) is -2.53. The molecule has 0 saturated carbocycles. The molecule has 1 aromatic rings. The fourth-order valence-corrected chi connectivity index (χ4v) is 8.00.